The molecule has 0 saturated carbocycles. The van der Waals surface area contributed by atoms with Gasteiger partial charge < -0.3 is 0 Å². The molecule has 7 rings (SSSR count). The van der Waals surface area contributed by atoms with Crippen molar-refractivity contribution in [3.05, 3.63) is 163 Å². The first-order chi connectivity index (χ1) is 19.7. The van der Waals surface area contributed by atoms with Gasteiger partial charge in [-0.15, -0.1) is 9.13 Å². The molecule has 3 aromatic carbocycles. The van der Waals surface area contributed by atoms with Gasteiger partial charge in [0.25, 0.3) is 0 Å². The van der Waals surface area contributed by atoms with Gasteiger partial charge in [0.15, 0.2) is 18.6 Å². The third-order valence-corrected chi connectivity index (χ3v) is 8.36. The number of fused-ring (bicyclic) bond motifs is 3. The van der Waals surface area contributed by atoms with Crippen LogP contribution in [0.5, 0.6) is 0 Å². The fourth-order valence-corrected chi connectivity index (χ4v) is 6.52. The average Bonchev–Trinajstić information content (AvgIpc) is 3.01. The zero-order valence-corrected chi connectivity index (χ0v) is 22.9. The van der Waals surface area contributed by atoms with Crippen LogP contribution in [0.4, 0.5) is 0 Å². The summed E-state index contributed by atoms with van der Waals surface area (Å²) in [4.78, 5) is 0. The number of hydrogen-bond acceptors (Lipinski definition) is 0. The summed E-state index contributed by atoms with van der Waals surface area (Å²) in [5, 5.41) is 0. The van der Waals surface area contributed by atoms with E-state index in [4.69, 9.17) is 0 Å². The summed E-state index contributed by atoms with van der Waals surface area (Å²) in [6.07, 6.45) is 7.46. The minimum absolute atomic E-state index is 0.566. The number of pyridine rings is 3. The van der Waals surface area contributed by atoms with E-state index in [1.807, 2.05) is 0 Å². The van der Waals surface area contributed by atoms with Crippen LogP contribution in [-0.2, 0) is 19.1 Å². The van der Waals surface area contributed by atoms with Gasteiger partial charge in [-0.3, -0.25) is 0 Å². The maximum atomic E-state index is 2.51. The number of benzene rings is 3. The Morgan fingerprint density at radius 3 is 1.73 bits per heavy atom. The van der Waals surface area contributed by atoms with Crippen LogP contribution in [0.15, 0.2) is 146 Å². The van der Waals surface area contributed by atoms with Gasteiger partial charge in [0.1, 0.15) is 19.0 Å². The first-order valence-electron chi connectivity index (χ1n) is 13.9. The van der Waals surface area contributed by atoms with E-state index in [0.717, 1.165) is 6.42 Å². The topological polar surface area (TPSA) is 11.6 Å². The standard InChI is InChI=1S/C37H32N3/c1-28-15-3-5-17-30(28)35-22-10-13-25-39(35)37(33-20-8-7-19-32(33)34-21-9-12-24-38(34)2)27-29-16-4-6-18-31(29)36-23-11-14-26-40(36)37/h3-26H,27H2,1-2H3/q+3. The van der Waals surface area contributed by atoms with E-state index in [0.29, 0.717) is 0 Å². The summed E-state index contributed by atoms with van der Waals surface area (Å²) in [6.45, 7) is 2.20. The van der Waals surface area contributed by atoms with E-state index in [1.165, 1.54) is 50.5 Å². The number of rotatable bonds is 4. The van der Waals surface area contributed by atoms with E-state index in [2.05, 4.69) is 174 Å². The van der Waals surface area contributed by atoms with Gasteiger partial charge in [-0.1, -0.05) is 48.5 Å². The zero-order valence-electron chi connectivity index (χ0n) is 22.9. The molecule has 1 unspecified atom stereocenters. The predicted molar refractivity (Wildman–Crippen MR) is 158 cm³/mol. The van der Waals surface area contributed by atoms with Crippen LogP contribution in [0.25, 0.3) is 33.8 Å². The van der Waals surface area contributed by atoms with Crippen molar-refractivity contribution in [1.82, 2.24) is 0 Å². The number of aryl methyl sites for hydroxylation is 2. The maximum Gasteiger partial charge on any atom is 0.393 e. The molecule has 1 atom stereocenters. The summed E-state index contributed by atoms with van der Waals surface area (Å²) in [6, 6.07) is 46.1. The molecule has 6 aromatic rings. The van der Waals surface area contributed by atoms with Gasteiger partial charge in [0.05, 0.1) is 11.1 Å². The maximum absolute atomic E-state index is 2.51. The number of nitrogens with zero attached hydrogens (tertiary/aromatic N) is 3. The van der Waals surface area contributed by atoms with Gasteiger partial charge in [0.2, 0.25) is 17.1 Å². The van der Waals surface area contributed by atoms with Crippen molar-refractivity contribution < 1.29 is 13.7 Å². The smallest absolute Gasteiger partial charge is 0.201 e. The Bertz CT molecular complexity index is 1780. The largest absolute Gasteiger partial charge is 0.393 e. The van der Waals surface area contributed by atoms with Crippen molar-refractivity contribution in [3.63, 3.8) is 0 Å². The van der Waals surface area contributed by atoms with Crippen LogP contribution < -0.4 is 13.7 Å². The van der Waals surface area contributed by atoms with E-state index >= 15 is 0 Å². The third kappa shape index (κ3) is 3.70. The summed E-state index contributed by atoms with van der Waals surface area (Å²) in [7, 11) is 2.13. The molecule has 1 aliphatic rings. The van der Waals surface area contributed by atoms with Crippen molar-refractivity contribution in [2.24, 2.45) is 7.05 Å². The highest BCUT2D eigenvalue weighted by molar-refractivity contribution is 5.67. The molecule has 0 saturated heterocycles. The Balaban J connectivity index is 1.64. The molecular weight excluding hydrogens is 486 g/mol. The fraction of sp³-hybridized carbons (Fsp3) is 0.108. The van der Waals surface area contributed by atoms with Gasteiger partial charge in [-0.25, -0.2) is 4.57 Å². The fourth-order valence-electron chi connectivity index (χ4n) is 6.52. The molecule has 3 nitrogen and oxygen atoms in total. The summed E-state index contributed by atoms with van der Waals surface area (Å²) in [5.74, 6) is 0. The lowest BCUT2D eigenvalue weighted by Crippen LogP contribution is -2.77. The normalized spacial score (nSPS) is 15.8. The van der Waals surface area contributed by atoms with Crippen molar-refractivity contribution in [3.8, 4) is 33.8 Å². The van der Waals surface area contributed by atoms with E-state index < -0.39 is 5.66 Å². The quantitative estimate of drug-likeness (QED) is 0.246. The predicted octanol–water partition coefficient (Wildman–Crippen LogP) is 6.20. The molecule has 0 fully saturated rings. The molecule has 0 radical (unpaired) electrons. The molecule has 0 N–H and O–H groups in total. The Morgan fingerprint density at radius 1 is 0.500 bits per heavy atom. The van der Waals surface area contributed by atoms with Crippen LogP contribution in [0.1, 0.15) is 16.7 Å². The highest BCUT2D eigenvalue weighted by atomic mass is 15.3. The lowest BCUT2D eigenvalue weighted by atomic mass is 9.80. The SMILES string of the molecule is Cc1ccccc1-c1cccc[n+]1C1(c2ccccc2-c2cccc[n+]2C)Cc2ccccc2-c2cccc[n+]21. The first kappa shape index (κ1) is 24.2. The Hall–Kier alpha value is -4.89. The van der Waals surface area contributed by atoms with Crippen molar-refractivity contribution >= 4 is 0 Å². The van der Waals surface area contributed by atoms with Gasteiger partial charge in [-0.2, -0.15) is 0 Å². The lowest BCUT2D eigenvalue weighted by molar-refractivity contribution is -0.975. The lowest BCUT2D eigenvalue weighted by Gasteiger charge is -2.31. The van der Waals surface area contributed by atoms with Crippen LogP contribution in [0.3, 0.4) is 0 Å². The highest BCUT2D eigenvalue weighted by Gasteiger charge is 2.58. The Kier molecular flexibility index (Phi) is 5.86. The molecule has 40 heavy (non-hydrogen) atoms. The average molecular weight is 519 g/mol. The van der Waals surface area contributed by atoms with Crippen LogP contribution >= 0.6 is 0 Å². The van der Waals surface area contributed by atoms with Gasteiger partial charge >= 0.3 is 5.66 Å². The molecule has 192 valence electrons. The number of hydrogen-bond donors (Lipinski definition) is 0. The van der Waals surface area contributed by atoms with Crippen LogP contribution in [-0.4, -0.2) is 0 Å². The second kappa shape index (κ2) is 9.69. The minimum Gasteiger partial charge on any atom is -0.201 e. The molecule has 0 amide bonds. The highest BCUT2D eigenvalue weighted by Crippen LogP contribution is 2.39. The molecule has 4 heterocycles. The summed E-state index contributed by atoms with van der Waals surface area (Å²) >= 11 is 0. The van der Waals surface area contributed by atoms with Crippen LogP contribution in [0, 0.1) is 6.92 Å². The number of aromatic nitrogens is 3. The monoisotopic (exact) mass is 518 g/mol. The zero-order chi connectivity index (χ0) is 27.1. The Labute approximate surface area is 235 Å². The van der Waals surface area contributed by atoms with Gasteiger partial charge in [0, 0.05) is 42.0 Å². The molecule has 3 heteroatoms. The third-order valence-electron chi connectivity index (χ3n) is 8.36. The second-order valence-corrected chi connectivity index (χ2v) is 10.6. The Morgan fingerprint density at radius 2 is 1.02 bits per heavy atom. The molecule has 0 spiro atoms. The van der Waals surface area contributed by atoms with Crippen molar-refractivity contribution in [2.75, 3.05) is 0 Å². The molecular formula is C37H32N3+3. The first-order valence-corrected chi connectivity index (χ1v) is 13.9. The summed E-state index contributed by atoms with van der Waals surface area (Å²) in [5.41, 5.74) is 10.6. The second-order valence-electron chi connectivity index (χ2n) is 10.6. The van der Waals surface area contributed by atoms with Crippen molar-refractivity contribution in [2.45, 2.75) is 19.0 Å². The minimum atomic E-state index is -0.566. The van der Waals surface area contributed by atoms with Crippen LogP contribution in [0.2, 0.25) is 0 Å². The van der Waals surface area contributed by atoms with E-state index in [-0.39, 0.29) is 0 Å². The van der Waals surface area contributed by atoms with E-state index in [1.54, 1.807) is 0 Å². The molecule has 3 aromatic heterocycles. The van der Waals surface area contributed by atoms with Crippen molar-refractivity contribution in [1.29, 1.82) is 0 Å². The summed E-state index contributed by atoms with van der Waals surface area (Å²) < 4.78 is 7.23. The molecule has 1 aliphatic heterocycles. The van der Waals surface area contributed by atoms with E-state index in [9.17, 15) is 0 Å². The molecule has 0 aliphatic carbocycles. The van der Waals surface area contributed by atoms with Gasteiger partial charge in [-0.05, 0) is 60.5 Å². The molecule has 0 bridgehead atoms.